The summed E-state index contributed by atoms with van der Waals surface area (Å²) >= 11 is 0. The summed E-state index contributed by atoms with van der Waals surface area (Å²) in [4.78, 5) is 12.2. The number of rotatable bonds is 5. The summed E-state index contributed by atoms with van der Waals surface area (Å²) in [6, 6.07) is 0. The molecule has 0 spiro atoms. The van der Waals surface area contributed by atoms with Crippen LogP contribution in [0.5, 0.6) is 0 Å². The first-order valence-electron chi connectivity index (χ1n) is 6.79. The van der Waals surface area contributed by atoms with Gasteiger partial charge < -0.3 is 18.9 Å². The van der Waals surface area contributed by atoms with Crippen LogP contribution in [-0.4, -0.2) is 43.3 Å². The van der Waals surface area contributed by atoms with Crippen LogP contribution in [0.1, 0.15) is 34.6 Å². The largest absolute Gasteiger partial charge is 0.458 e. The van der Waals surface area contributed by atoms with E-state index in [0.29, 0.717) is 6.61 Å². The fourth-order valence-electron chi connectivity index (χ4n) is 2.15. The Hall–Kier alpha value is -0.910. The molecule has 116 valence electrons. The molecule has 0 unspecified atom stereocenters. The Bertz CT molecular complexity index is 356. The van der Waals surface area contributed by atoms with Gasteiger partial charge in [0.25, 0.3) is 0 Å². The van der Waals surface area contributed by atoms with E-state index in [1.165, 1.54) is 7.11 Å². The van der Waals surface area contributed by atoms with Crippen LogP contribution in [0.2, 0.25) is 0 Å². The van der Waals surface area contributed by atoms with Gasteiger partial charge in [0.15, 0.2) is 11.9 Å². The summed E-state index contributed by atoms with van der Waals surface area (Å²) in [5.74, 6) is -1.40. The predicted molar refractivity (Wildman–Crippen MR) is 75.2 cm³/mol. The Balaban J connectivity index is 2.80. The maximum Gasteiger partial charge on any atom is 0.336 e. The molecule has 0 radical (unpaired) electrons. The van der Waals surface area contributed by atoms with Crippen molar-refractivity contribution in [2.75, 3.05) is 13.7 Å². The maximum absolute atomic E-state index is 12.2. The average molecular weight is 286 g/mol. The van der Waals surface area contributed by atoms with Crippen LogP contribution in [0.3, 0.4) is 0 Å². The summed E-state index contributed by atoms with van der Waals surface area (Å²) in [5.41, 5.74) is -0.564. The van der Waals surface area contributed by atoms with E-state index in [1.807, 2.05) is 34.6 Å². The molecule has 1 rings (SSSR count). The standard InChI is InChI=1S/C15H26O5/c1-8-10(11-9-18-15(5,6)19-11)12(17-7)13(16)20-14(2,3)4/h8,10-12H,1,9H2,2-7H3/t10-,11+,12+/m1/s1. The van der Waals surface area contributed by atoms with Gasteiger partial charge in [0, 0.05) is 13.0 Å². The number of hydrogen-bond acceptors (Lipinski definition) is 5. The highest BCUT2D eigenvalue weighted by Gasteiger charge is 2.42. The molecule has 1 aliphatic heterocycles. The molecule has 0 saturated carbocycles. The molecule has 0 N–H and O–H groups in total. The van der Waals surface area contributed by atoms with Crippen molar-refractivity contribution in [1.82, 2.24) is 0 Å². The second-order valence-corrected chi connectivity index (χ2v) is 6.37. The Kier molecular flexibility index (Phi) is 5.35. The smallest absolute Gasteiger partial charge is 0.336 e. The summed E-state index contributed by atoms with van der Waals surface area (Å²) in [6.07, 6.45) is 0.627. The fourth-order valence-corrected chi connectivity index (χ4v) is 2.15. The van der Waals surface area contributed by atoms with E-state index in [1.54, 1.807) is 6.08 Å². The van der Waals surface area contributed by atoms with Gasteiger partial charge in [0.05, 0.1) is 12.7 Å². The van der Waals surface area contributed by atoms with Crippen molar-refractivity contribution in [3.8, 4) is 0 Å². The van der Waals surface area contributed by atoms with E-state index in [0.717, 1.165) is 0 Å². The van der Waals surface area contributed by atoms with E-state index in [2.05, 4.69) is 6.58 Å². The van der Waals surface area contributed by atoms with Crippen LogP contribution < -0.4 is 0 Å². The Morgan fingerprint density at radius 2 is 2.05 bits per heavy atom. The van der Waals surface area contributed by atoms with Crippen LogP contribution in [0.15, 0.2) is 12.7 Å². The predicted octanol–water partition coefficient (Wildman–Crippen LogP) is 2.30. The molecule has 0 bridgehead atoms. The molecule has 0 aromatic heterocycles. The zero-order chi connectivity index (χ0) is 15.6. The SMILES string of the molecule is C=C[C@H]([C@@H]1COC(C)(C)O1)[C@H](OC)C(=O)OC(C)(C)C. The highest BCUT2D eigenvalue weighted by atomic mass is 16.7. The first kappa shape index (κ1) is 17.1. The maximum atomic E-state index is 12.2. The number of ether oxygens (including phenoxy) is 4. The Morgan fingerprint density at radius 3 is 2.40 bits per heavy atom. The van der Waals surface area contributed by atoms with Crippen molar-refractivity contribution in [2.45, 2.75) is 58.2 Å². The average Bonchev–Trinajstić information content (AvgIpc) is 2.63. The Morgan fingerprint density at radius 1 is 1.45 bits per heavy atom. The van der Waals surface area contributed by atoms with E-state index in [-0.39, 0.29) is 12.0 Å². The van der Waals surface area contributed by atoms with Crippen LogP contribution in [0.4, 0.5) is 0 Å². The van der Waals surface area contributed by atoms with Gasteiger partial charge in [-0.1, -0.05) is 6.08 Å². The minimum atomic E-state index is -0.755. The molecule has 1 saturated heterocycles. The highest BCUT2D eigenvalue weighted by molar-refractivity contribution is 5.76. The second kappa shape index (κ2) is 6.24. The zero-order valence-electron chi connectivity index (χ0n) is 13.3. The molecular weight excluding hydrogens is 260 g/mol. The number of esters is 1. The number of hydrogen-bond donors (Lipinski definition) is 0. The molecule has 0 aromatic rings. The van der Waals surface area contributed by atoms with Gasteiger partial charge in [-0.15, -0.1) is 6.58 Å². The van der Waals surface area contributed by atoms with Crippen molar-refractivity contribution in [1.29, 1.82) is 0 Å². The molecule has 3 atom stereocenters. The van der Waals surface area contributed by atoms with Gasteiger partial charge in [-0.2, -0.15) is 0 Å². The van der Waals surface area contributed by atoms with Crippen molar-refractivity contribution < 1.29 is 23.7 Å². The monoisotopic (exact) mass is 286 g/mol. The van der Waals surface area contributed by atoms with Crippen molar-refractivity contribution in [3.05, 3.63) is 12.7 Å². The first-order chi connectivity index (χ1) is 9.09. The van der Waals surface area contributed by atoms with Gasteiger partial charge in [0.1, 0.15) is 5.60 Å². The van der Waals surface area contributed by atoms with Crippen molar-refractivity contribution >= 4 is 5.97 Å². The molecular formula is C15H26O5. The van der Waals surface area contributed by atoms with Crippen molar-refractivity contribution in [2.24, 2.45) is 5.92 Å². The normalized spacial score (nSPS) is 25.0. The minimum absolute atomic E-state index is 0.278. The van der Waals surface area contributed by atoms with Crippen LogP contribution >= 0.6 is 0 Å². The van der Waals surface area contributed by atoms with Crippen LogP contribution in [0, 0.1) is 5.92 Å². The van der Waals surface area contributed by atoms with Gasteiger partial charge in [-0.05, 0) is 34.6 Å². The number of carbonyl (C=O) groups excluding carboxylic acids is 1. The van der Waals surface area contributed by atoms with Crippen LogP contribution in [0.25, 0.3) is 0 Å². The molecule has 0 amide bonds. The van der Waals surface area contributed by atoms with E-state index in [9.17, 15) is 4.79 Å². The van der Waals surface area contributed by atoms with E-state index in [4.69, 9.17) is 18.9 Å². The minimum Gasteiger partial charge on any atom is -0.458 e. The van der Waals surface area contributed by atoms with Gasteiger partial charge in [0.2, 0.25) is 0 Å². The summed E-state index contributed by atoms with van der Waals surface area (Å²) < 4.78 is 22.0. The molecule has 1 fully saturated rings. The second-order valence-electron chi connectivity index (χ2n) is 6.37. The topological polar surface area (TPSA) is 54.0 Å². The fraction of sp³-hybridized carbons (Fsp3) is 0.800. The lowest BCUT2D eigenvalue weighted by molar-refractivity contribution is -0.176. The third kappa shape index (κ3) is 4.58. The van der Waals surface area contributed by atoms with Gasteiger partial charge in [-0.25, -0.2) is 4.79 Å². The Labute approximate surface area is 121 Å². The third-order valence-electron chi connectivity index (χ3n) is 2.97. The quantitative estimate of drug-likeness (QED) is 0.573. The lowest BCUT2D eigenvalue weighted by Crippen LogP contribution is -2.42. The summed E-state index contributed by atoms with van der Waals surface area (Å²) in [5, 5.41) is 0. The molecule has 5 heteroatoms. The number of carbonyl (C=O) groups is 1. The van der Waals surface area contributed by atoms with Gasteiger partial charge in [-0.3, -0.25) is 0 Å². The molecule has 5 nitrogen and oxygen atoms in total. The first-order valence-corrected chi connectivity index (χ1v) is 6.79. The van der Waals surface area contributed by atoms with Crippen molar-refractivity contribution in [3.63, 3.8) is 0 Å². The van der Waals surface area contributed by atoms with E-state index >= 15 is 0 Å². The summed E-state index contributed by atoms with van der Waals surface area (Å²) in [7, 11) is 1.48. The lowest BCUT2D eigenvalue weighted by atomic mass is 9.96. The molecule has 20 heavy (non-hydrogen) atoms. The summed E-state index contributed by atoms with van der Waals surface area (Å²) in [6.45, 7) is 13.3. The van der Waals surface area contributed by atoms with Gasteiger partial charge >= 0.3 is 5.97 Å². The van der Waals surface area contributed by atoms with E-state index < -0.39 is 23.5 Å². The van der Waals surface area contributed by atoms with Crippen LogP contribution in [-0.2, 0) is 23.7 Å². The highest BCUT2D eigenvalue weighted by Crippen LogP contribution is 2.30. The molecule has 1 aliphatic rings. The molecule has 0 aliphatic carbocycles. The lowest BCUT2D eigenvalue weighted by Gasteiger charge is -2.29. The zero-order valence-corrected chi connectivity index (χ0v) is 13.3. The number of methoxy groups -OCH3 is 1. The molecule has 1 heterocycles. The molecule has 0 aromatic carbocycles. The third-order valence-corrected chi connectivity index (χ3v) is 2.97.